The van der Waals surface area contributed by atoms with Gasteiger partial charge < -0.3 is 11.1 Å². The summed E-state index contributed by atoms with van der Waals surface area (Å²) < 4.78 is 0. The van der Waals surface area contributed by atoms with E-state index in [2.05, 4.69) is 12.2 Å². The Kier molecular flexibility index (Phi) is 4.52. The minimum absolute atomic E-state index is 0.127. The summed E-state index contributed by atoms with van der Waals surface area (Å²) >= 11 is 6.56. The second kappa shape index (κ2) is 6.15. The summed E-state index contributed by atoms with van der Waals surface area (Å²) in [4.78, 5) is 14.4. The fraction of sp³-hybridized carbons (Fsp3) is 0.200. The van der Waals surface area contributed by atoms with E-state index in [9.17, 15) is 4.79 Å². The molecule has 0 saturated heterocycles. The van der Waals surface area contributed by atoms with Gasteiger partial charge >= 0.3 is 0 Å². The predicted molar refractivity (Wildman–Crippen MR) is 88.7 cm³/mol. The maximum atomic E-state index is 12.2. The summed E-state index contributed by atoms with van der Waals surface area (Å²) in [6.45, 7) is 3.99. The van der Waals surface area contributed by atoms with Crippen LogP contribution in [0.25, 0.3) is 0 Å². The van der Waals surface area contributed by atoms with E-state index in [0.29, 0.717) is 15.6 Å². The fourth-order valence-corrected chi connectivity index (χ4v) is 3.09. The van der Waals surface area contributed by atoms with Crippen LogP contribution in [0.1, 0.15) is 32.6 Å². The van der Waals surface area contributed by atoms with E-state index < -0.39 is 0 Å². The minimum Gasteiger partial charge on any atom is -0.389 e. The molecule has 2 aromatic rings. The van der Waals surface area contributed by atoms with Crippen LogP contribution < -0.4 is 11.1 Å². The van der Waals surface area contributed by atoms with Gasteiger partial charge in [0.25, 0.3) is 5.91 Å². The first-order valence-corrected chi connectivity index (χ1v) is 7.55. The summed E-state index contributed by atoms with van der Waals surface area (Å²) in [6, 6.07) is 9.43. The molecule has 2 rings (SSSR count). The van der Waals surface area contributed by atoms with Crippen LogP contribution in [-0.4, -0.2) is 10.9 Å². The largest absolute Gasteiger partial charge is 0.389 e. The molecule has 0 fully saturated rings. The van der Waals surface area contributed by atoms with Crippen molar-refractivity contribution in [2.45, 2.75) is 20.3 Å². The molecule has 3 N–H and O–H groups in total. The van der Waals surface area contributed by atoms with Crippen LogP contribution >= 0.6 is 23.6 Å². The van der Waals surface area contributed by atoms with Gasteiger partial charge in [0.2, 0.25) is 0 Å². The number of hydrogen-bond donors (Lipinski definition) is 2. The molecule has 0 bridgehead atoms. The van der Waals surface area contributed by atoms with Crippen molar-refractivity contribution in [3.8, 4) is 0 Å². The summed E-state index contributed by atoms with van der Waals surface area (Å²) in [5.41, 5.74) is 8.08. The molecular formula is C15H16N2OS2. The molecule has 0 aliphatic rings. The third kappa shape index (κ3) is 3.05. The normalized spacial score (nSPS) is 10.3. The molecule has 0 spiro atoms. The SMILES string of the molecule is CCc1ccc(C(=O)Nc2cccc(C)c2C(N)=S)s1. The lowest BCUT2D eigenvalue weighted by Crippen LogP contribution is -2.18. The molecule has 1 aromatic carbocycles. The first-order chi connectivity index (χ1) is 9.52. The monoisotopic (exact) mass is 304 g/mol. The van der Waals surface area contributed by atoms with E-state index in [0.717, 1.165) is 17.5 Å². The Morgan fingerprint density at radius 2 is 2.10 bits per heavy atom. The maximum Gasteiger partial charge on any atom is 0.265 e. The topological polar surface area (TPSA) is 55.1 Å². The highest BCUT2D eigenvalue weighted by Crippen LogP contribution is 2.22. The van der Waals surface area contributed by atoms with Crippen LogP contribution in [-0.2, 0) is 6.42 Å². The highest BCUT2D eigenvalue weighted by Gasteiger charge is 2.13. The number of amides is 1. The molecule has 1 aromatic heterocycles. The summed E-state index contributed by atoms with van der Waals surface area (Å²) in [6.07, 6.45) is 0.931. The molecule has 0 atom stereocenters. The highest BCUT2D eigenvalue weighted by molar-refractivity contribution is 7.80. The average molecular weight is 304 g/mol. The van der Waals surface area contributed by atoms with Crippen LogP contribution in [0, 0.1) is 6.92 Å². The lowest BCUT2D eigenvalue weighted by Gasteiger charge is -2.11. The second-order valence-electron chi connectivity index (χ2n) is 4.44. The van der Waals surface area contributed by atoms with Gasteiger partial charge in [-0.05, 0) is 37.1 Å². The summed E-state index contributed by atoms with van der Waals surface area (Å²) in [5, 5.41) is 2.89. The third-order valence-corrected chi connectivity index (χ3v) is 4.43. The van der Waals surface area contributed by atoms with E-state index in [1.165, 1.54) is 16.2 Å². The number of benzene rings is 1. The zero-order valence-electron chi connectivity index (χ0n) is 11.4. The van der Waals surface area contributed by atoms with E-state index in [-0.39, 0.29) is 5.91 Å². The van der Waals surface area contributed by atoms with Crippen LogP contribution in [0.2, 0.25) is 0 Å². The van der Waals surface area contributed by atoms with Crippen molar-refractivity contribution in [1.29, 1.82) is 0 Å². The Morgan fingerprint density at radius 1 is 1.35 bits per heavy atom. The van der Waals surface area contributed by atoms with Gasteiger partial charge in [0.1, 0.15) is 4.99 Å². The number of carbonyl (C=O) groups is 1. The standard InChI is InChI=1S/C15H16N2OS2/c1-3-10-7-8-12(20-10)15(18)17-11-6-4-5-9(2)13(11)14(16)19/h4-8H,3H2,1-2H3,(H2,16,19)(H,17,18). The lowest BCUT2D eigenvalue weighted by molar-refractivity contribution is 0.103. The molecule has 0 aliphatic carbocycles. The maximum absolute atomic E-state index is 12.2. The molecule has 0 saturated carbocycles. The zero-order chi connectivity index (χ0) is 14.7. The molecule has 0 unspecified atom stereocenters. The molecule has 5 heteroatoms. The van der Waals surface area contributed by atoms with Crippen molar-refractivity contribution in [1.82, 2.24) is 0 Å². The third-order valence-electron chi connectivity index (χ3n) is 3.00. The number of thiophene rings is 1. The molecule has 0 aliphatic heterocycles. The van der Waals surface area contributed by atoms with Gasteiger partial charge in [-0.3, -0.25) is 4.79 Å². The number of aryl methyl sites for hydroxylation is 2. The smallest absolute Gasteiger partial charge is 0.265 e. The molecule has 0 radical (unpaired) electrons. The van der Waals surface area contributed by atoms with Gasteiger partial charge in [-0.25, -0.2) is 0 Å². The molecule has 20 heavy (non-hydrogen) atoms. The van der Waals surface area contributed by atoms with Gasteiger partial charge in [0.05, 0.1) is 10.6 Å². The van der Waals surface area contributed by atoms with Crippen LogP contribution in [0.3, 0.4) is 0 Å². The van der Waals surface area contributed by atoms with Crippen molar-refractivity contribution in [2.75, 3.05) is 5.32 Å². The minimum atomic E-state index is -0.127. The Bertz CT molecular complexity index is 662. The van der Waals surface area contributed by atoms with Crippen molar-refractivity contribution >= 4 is 40.1 Å². The number of hydrogen-bond acceptors (Lipinski definition) is 3. The van der Waals surface area contributed by atoms with Gasteiger partial charge in [0.15, 0.2) is 0 Å². The fourth-order valence-electron chi connectivity index (χ4n) is 1.97. The Morgan fingerprint density at radius 3 is 2.70 bits per heavy atom. The highest BCUT2D eigenvalue weighted by atomic mass is 32.1. The van der Waals surface area contributed by atoms with Gasteiger partial charge in [-0.2, -0.15) is 0 Å². The van der Waals surface area contributed by atoms with Crippen LogP contribution in [0.4, 0.5) is 5.69 Å². The first kappa shape index (κ1) is 14.7. The van der Waals surface area contributed by atoms with Crippen molar-refractivity contribution in [3.05, 3.63) is 51.2 Å². The van der Waals surface area contributed by atoms with E-state index >= 15 is 0 Å². The molecule has 1 heterocycles. The Hall–Kier alpha value is -1.72. The number of nitrogens with two attached hydrogens (primary N) is 1. The number of nitrogens with one attached hydrogen (secondary N) is 1. The molecular weight excluding hydrogens is 288 g/mol. The Labute approximate surface area is 127 Å². The number of rotatable bonds is 4. The average Bonchev–Trinajstić information content (AvgIpc) is 2.87. The first-order valence-electron chi connectivity index (χ1n) is 6.32. The quantitative estimate of drug-likeness (QED) is 0.850. The number of carbonyl (C=O) groups excluding carboxylic acids is 1. The zero-order valence-corrected chi connectivity index (χ0v) is 13.0. The summed E-state index contributed by atoms with van der Waals surface area (Å²) in [7, 11) is 0. The van der Waals surface area contributed by atoms with Gasteiger partial charge in [0, 0.05) is 10.4 Å². The molecule has 104 valence electrons. The summed E-state index contributed by atoms with van der Waals surface area (Å²) in [5.74, 6) is -0.127. The number of anilines is 1. The van der Waals surface area contributed by atoms with Crippen molar-refractivity contribution < 1.29 is 4.79 Å². The lowest BCUT2D eigenvalue weighted by atomic mass is 10.1. The van der Waals surface area contributed by atoms with Crippen molar-refractivity contribution in [2.24, 2.45) is 5.73 Å². The molecule has 3 nitrogen and oxygen atoms in total. The van der Waals surface area contributed by atoms with Crippen molar-refractivity contribution in [3.63, 3.8) is 0 Å². The number of thiocarbonyl (C=S) groups is 1. The van der Waals surface area contributed by atoms with Crippen LogP contribution in [0.5, 0.6) is 0 Å². The van der Waals surface area contributed by atoms with Gasteiger partial charge in [-0.1, -0.05) is 31.3 Å². The van der Waals surface area contributed by atoms with E-state index in [1.54, 1.807) is 0 Å². The van der Waals surface area contributed by atoms with E-state index in [1.807, 2.05) is 37.3 Å². The second-order valence-corrected chi connectivity index (χ2v) is 6.04. The van der Waals surface area contributed by atoms with E-state index in [4.69, 9.17) is 18.0 Å². The van der Waals surface area contributed by atoms with Crippen LogP contribution in [0.15, 0.2) is 30.3 Å². The predicted octanol–water partition coefficient (Wildman–Crippen LogP) is 3.51. The molecule has 1 amide bonds. The Balaban J connectivity index is 2.28. The van der Waals surface area contributed by atoms with Gasteiger partial charge in [-0.15, -0.1) is 11.3 Å².